The van der Waals surface area contributed by atoms with Crippen LogP contribution in [0.5, 0.6) is 0 Å². The fraction of sp³-hybridized carbons (Fsp3) is 0.750. The zero-order valence-electron chi connectivity index (χ0n) is 13.8. The maximum absolute atomic E-state index is 5.83. The van der Waals surface area contributed by atoms with Crippen LogP contribution in [-0.2, 0) is 4.74 Å². The first-order chi connectivity index (χ1) is 10.1. The number of anilines is 2. The van der Waals surface area contributed by atoms with E-state index < -0.39 is 0 Å². The molecule has 118 valence electrons. The Balaban J connectivity index is 2.11. The summed E-state index contributed by atoms with van der Waals surface area (Å²) in [6.45, 7) is 8.92. The van der Waals surface area contributed by atoms with Crippen molar-refractivity contribution in [3.63, 3.8) is 0 Å². The third-order valence-corrected chi connectivity index (χ3v) is 3.89. The van der Waals surface area contributed by atoms with Crippen molar-refractivity contribution >= 4 is 11.6 Å². The van der Waals surface area contributed by atoms with Gasteiger partial charge in [-0.25, -0.2) is 9.97 Å². The molecule has 1 N–H and O–H groups in total. The Morgan fingerprint density at radius 1 is 1.29 bits per heavy atom. The second-order valence-corrected chi connectivity index (χ2v) is 5.86. The van der Waals surface area contributed by atoms with E-state index in [9.17, 15) is 0 Å². The van der Waals surface area contributed by atoms with Crippen LogP contribution in [0, 0.1) is 13.8 Å². The Morgan fingerprint density at radius 3 is 2.76 bits per heavy atom. The van der Waals surface area contributed by atoms with Crippen LogP contribution in [0.4, 0.5) is 11.6 Å². The van der Waals surface area contributed by atoms with Gasteiger partial charge in [0.15, 0.2) is 0 Å². The highest BCUT2D eigenvalue weighted by Crippen LogP contribution is 2.24. The van der Waals surface area contributed by atoms with E-state index in [0.717, 1.165) is 55.6 Å². The molecule has 0 radical (unpaired) electrons. The Kier molecular flexibility index (Phi) is 5.79. The molecule has 1 aromatic rings. The van der Waals surface area contributed by atoms with Gasteiger partial charge in [0.05, 0.1) is 6.10 Å². The summed E-state index contributed by atoms with van der Waals surface area (Å²) in [5.41, 5.74) is 1.12. The largest absolute Gasteiger partial charge is 0.376 e. The molecule has 1 aromatic heterocycles. The summed E-state index contributed by atoms with van der Waals surface area (Å²) in [4.78, 5) is 11.4. The number of nitrogens with one attached hydrogen (secondary N) is 1. The Labute approximate surface area is 128 Å². The van der Waals surface area contributed by atoms with Crippen molar-refractivity contribution in [2.75, 3.05) is 37.0 Å². The van der Waals surface area contributed by atoms with Gasteiger partial charge in [-0.3, -0.25) is 0 Å². The molecular weight excluding hydrogens is 264 g/mol. The predicted molar refractivity (Wildman–Crippen MR) is 87.1 cm³/mol. The van der Waals surface area contributed by atoms with Gasteiger partial charge in [0.2, 0.25) is 0 Å². The van der Waals surface area contributed by atoms with Crippen LogP contribution in [0.1, 0.15) is 44.0 Å². The maximum Gasteiger partial charge on any atom is 0.137 e. The summed E-state index contributed by atoms with van der Waals surface area (Å²) in [6.07, 6.45) is 5.02. The van der Waals surface area contributed by atoms with Gasteiger partial charge in [-0.15, -0.1) is 0 Å². The van der Waals surface area contributed by atoms with Gasteiger partial charge in [0, 0.05) is 32.3 Å². The highest BCUT2D eigenvalue weighted by molar-refractivity contribution is 5.58. The van der Waals surface area contributed by atoms with Gasteiger partial charge >= 0.3 is 0 Å². The zero-order valence-corrected chi connectivity index (χ0v) is 13.8. The van der Waals surface area contributed by atoms with Gasteiger partial charge in [0.25, 0.3) is 0 Å². The average Bonchev–Trinajstić information content (AvgIpc) is 2.48. The first-order valence-corrected chi connectivity index (χ1v) is 8.03. The minimum atomic E-state index is 0.325. The van der Waals surface area contributed by atoms with Gasteiger partial charge in [0.1, 0.15) is 17.5 Å². The summed E-state index contributed by atoms with van der Waals surface area (Å²) < 4.78 is 5.83. The monoisotopic (exact) mass is 292 g/mol. The second-order valence-electron chi connectivity index (χ2n) is 5.86. The minimum Gasteiger partial charge on any atom is -0.376 e. The van der Waals surface area contributed by atoms with E-state index in [1.807, 2.05) is 6.92 Å². The first kappa shape index (κ1) is 16.0. The summed E-state index contributed by atoms with van der Waals surface area (Å²) in [6, 6.07) is 0. The molecule has 1 saturated heterocycles. The minimum absolute atomic E-state index is 0.325. The molecule has 2 heterocycles. The van der Waals surface area contributed by atoms with Crippen LogP contribution in [0.15, 0.2) is 0 Å². The quantitative estimate of drug-likeness (QED) is 0.873. The molecule has 0 bridgehead atoms. The lowest BCUT2D eigenvalue weighted by atomic mass is 10.1. The highest BCUT2D eigenvalue weighted by atomic mass is 16.5. The molecule has 1 aliphatic rings. The van der Waals surface area contributed by atoms with E-state index in [1.165, 1.54) is 12.8 Å². The topological polar surface area (TPSA) is 50.3 Å². The van der Waals surface area contributed by atoms with Crippen LogP contribution in [0.3, 0.4) is 0 Å². The van der Waals surface area contributed by atoms with E-state index >= 15 is 0 Å². The van der Waals surface area contributed by atoms with Crippen LogP contribution in [-0.4, -0.2) is 42.8 Å². The molecule has 21 heavy (non-hydrogen) atoms. The average molecular weight is 292 g/mol. The Hall–Kier alpha value is -1.36. The van der Waals surface area contributed by atoms with Gasteiger partial charge in [-0.1, -0.05) is 6.92 Å². The van der Waals surface area contributed by atoms with Crippen molar-refractivity contribution in [3.05, 3.63) is 11.4 Å². The highest BCUT2D eigenvalue weighted by Gasteiger charge is 2.19. The van der Waals surface area contributed by atoms with Crippen molar-refractivity contribution in [2.24, 2.45) is 0 Å². The van der Waals surface area contributed by atoms with Crippen molar-refractivity contribution in [1.29, 1.82) is 0 Å². The molecule has 5 nitrogen and oxygen atoms in total. The normalized spacial score (nSPS) is 18.6. The van der Waals surface area contributed by atoms with Gasteiger partial charge in [-0.05, 0) is 39.5 Å². The summed E-state index contributed by atoms with van der Waals surface area (Å²) in [7, 11) is 2.09. The van der Waals surface area contributed by atoms with Gasteiger partial charge < -0.3 is 15.0 Å². The number of hydrogen-bond acceptors (Lipinski definition) is 5. The number of nitrogens with zero attached hydrogens (tertiary/aromatic N) is 3. The van der Waals surface area contributed by atoms with Crippen LogP contribution in [0.25, 0.3) is 0 Å². The molecule has 2 rings (SSSR count). The number of likely N-dealkylation sites (N-methyl/N-ethyl adjacent to an activating group) is 1. The number of hydrogen-bond donors (Lipinski definition) is 1. The van der Waals surface area contributed by atoms with E-state index in [1.54, 1.807) is 0 Å². The fourth-order valence-electron chi connectivity index (χ4n) is 2.74. The summed E-state index contributed by atoms with van der Waals surface area (Å²) in [5, 5.41) is 3.39. The van der Waals surface area contributed by atoms with Crippen LogP contribution >= 0.6 is 0 Å². The SMILES string of the molecule is CCCNc1nc(C)nc(N(C)CC2CCCCO2)c1C. The van der Waals surface area contributed by atoms with E-state index in [0.29, 0.717) is 6.10 Å². The molecule has 1 unspecified atom stereocenters. The molecule has 0 aromatic carbocycles. The third-order valence-electron chi connectivity index (χ3n) is 3.89. The smallest absolute Gasteiger partial charge is 0.137 e. The predicted octanol–water partition coefficient (Wildman–Crippen LogP) is 2.92. The first-order valence-electron chi connectivity index (χ1n) is 8.03. The summed E-state index contributed by atoms with van der Waals surface area (Å²) in [5.74, 6) is 2.77. The number of aromatic nitrogens is 2. The standard InChI is InChI=1S/C16H28N4O/c1-5-9-17-15-12(2)16(19-13(3)18-15)20(4)11-14-8-6-7-10-21-14/h14H,5-11H2,1-4H3,(H,17,18,19). The summed E-state index contributed by atoms with van der Waals surface area (Å²) >= 11 is 0. The lowest BCUT2D eigenvalue weighted by Crippen LogP contribution is -2.34. The fourth-order valence-corrected chi connectivity index (χ4v) is 2.74. The Morgan fingerprint density at radius 2 is 2.10 bits per heavy atom. The lowest BCUT2D eigenvalue weighted by Gasteiger charge is -2.29. The van der Waals surface area contributed by atoms with Crippen molar-refractivity contribution in [3.8, 4) is 0 Å². The van der Waals surface area contributed by atoms with E-state index in [4.69, 9.17) is 4.74 Å². The Bertz CT molecular complexity index is 458. The van der Waals surface area contributed by atoms with Crippen LogP contribution in [0.2, 0.25) is 0 Å². The van der Waals surface area contributed by atoms with Crippen molar-refractivity contribution in [2.45, 2.75) is 52.6 Å². The molecule has 1 aliphatic heterocycles. The lowest BCUT2D eigenvalue weighted by molar-refractivity contribution is 0.0215. The molecule has 1 atom stereocenters. The molecule has 0 saturated carbocycles. The molecule has 1 fully saturated rings. The number of ether oxygens (including phenoxy) is 1. The van der Waals surface area contributed by atoms with E-state index in [2.05, 4.69) is 41.1 Å². The van der Waals surface area contributed by atoms with E-state index in [-0.39, 0.29) is 0 Å². The van der Waals surface area contributed by atoms with Crippen LogP contribution < -0.4 is 10.2 Å². The van der Waals surface area contributed by atoms with Crippen molar-refractivity contribution in [1.82, 2.24) is 9.97 Å². The zero-order chi connectivity index (χ0) is 15.2. The maximum atomic E-state index is 5.83. The van der Waals surface area contributed by atoms with Crippen molar-refractivity contribution < 1.29 is 4.74 Å². The molecular formula is C16H28N4O. The third kappa shape index (κ3) is 4.30. The second kappa shape index (κ2) is 7.59. The number of rotatable bonds is 6. The molecule has 5 heteroatoms. The number of aryl methyl sites for hydroxylation is 1. The molecule has 0 amide bonds. The molecule has 0 aliphatic carbocycles. The molecule has 0 spiro atoms. The van der Waals surface area contributed by atoms with Gasteiger partial charge in [-0.2, -0.15) is 0 Å².